The van der Waals surface area contributed by atoms with Gasteiger partial charge in [-0.3, -0.25) is 9.48 Å². The summed E-state index contributed by atoms with van der Waals surface area (Å²) >= 11 is 1.55. The number of aryl methyl sites for hydroxylation is 2. The topological polar surface area (TPSA) is 97.2 Å². The van der Waals surface area contributed by atoms with Gasteiger partial charge in [-0.1, -0.05) is 6.92 Å². The van der Waals surface area contributed by atoms with Gasteiger partial charge in [-0.15, -0.1) is 11.3 Å². The molecule has 3 aromatic rings. The van der Waals surface area contributed by atoms with Crippen LogP contribution < -0.4 is 5.32 Å². The second-order valence-electron chi connectivity index (χ2n) is 7.51. The van der Waals surface area contributed by atoms with Crippen LogP contribution in [-0.2, 0) is 21.9 Å². The van der Waals surface area contributed by atoms with Gasteiger partial charge in [0.2, 0.25) is 15.9 Å². The van der Waals surface area contributed by atoms with E-state index in [9.17, 15) is 13.2 Å². The smallest absolute Gasteiger partial charge is 0.246 e. The lowest BCUT2D eigenvalue weighted by molar-refractivity contribution is -0.122. The summed E-state index contributed by atoms with van der Waals surface area (Å²) in [5, 5.41) is 7.11. The summed E-state index contributed by atoms with van der Waals surface area (Å²) in [5.41, 5.74) is 3.83. The van der Waals surface area contributed by atoms with Crippen molar-refractivity contribution in [2.75, 3.05) is 18.4 Å². The van der Waals surface area contributed by atoms with E-state index >= 15 is 0 Å². The maximum absolute atomic E-state index is 13.0. The third kappa shape index (κ3) is 3.79. The quantitative estimate of drug-likeness (QED) is 0.682. The van der Waals surface area contributed by atoms with E-state index in [1.165, 1.54) is 15.2 Å². The van der Waals surface area contributed by atoms with Gasteiger partial charge in [0.1, 0.15) is 4.90 Å². The molecule has 3 heterocycles. The predicted molar refractivity (Wildman–Crippen MR) is 112 cm³/mol. The van der Waals surface area contributed by atoms with Crippen LogP contribution in [0.5, 0.6) is 0 Å². The molecule has 0 spiro atoms. The molecule has 1 saturated heterocycles. The van der Waals surface area contributed by atoms with E-state index < -0.39 is 10.0 Å². The summed E-state index contributed by atoms with van der Waals surface area (Å²) in [7, 11) is -1.92. The maximum Gasteiger partial charge on any atom is 0.246 e. The molecular formula is C19H23N5O3S2. The van der Waals surface area contributed by atoms with Crippen molar-refractivity contribution in [2.45, 2.75) is 25.2 Å². The number of hydrogen-bond donors (Lipinski definition) is 1. The SMILES string of the molecule is Cc1nn(C)cc1S(=O)(=O)N1CCC(C(=O)Nc2ccc3scnc3c2)C(C)C1. The van der Waals surface area contributed by atoms with Gasteiger partial charge in [0.05, 0.1) is 21.4 Å². The molecule has 8 nitrogen and oxygen atoms in total. The van der Waals surface area contributed by atoms with Crippen molar-refractivity contribution in [3.8, 4) is 0 Å². The Balaban J connectivity index is 1.45. The van der Waals surface area contributed by atoms with Gasteiger partial charge in [0.15, 0.2) is 0 Å². The van der Waals surface area contributed by atoms with Crippen LogP contribution in [0.2, 0.25) is 0 Å². The van der Waals surface area contributed by atoms with E-state index in [4.69, 9.17) is 0 Å². The Morgan fingerprint density at radius 2 is 2.14 bits per heavy atom. The third-order valence-electron chi connectivity index (χ3n) is 5.39. The Bertz CT molecular complexity index is 1170. The second kappa shape index (κ2) is 7.51. The van der Waals surface area contributed by atoms with Gasteiger partial charge < -0.3 is 5.32 Å². The van der Waals surface area contributed by atoms with E-state index in [1.54, 1.807) is 30.8 Å². The van der Waals surface area contributed by atoms with Crippen molar-refractivity contribution < 1.29 is 13.2 Å². The van der Waals surface area contributed by atoms with Crippen LogP contribution in [-0.4, -0.2) is 46.5 Å². The fourth-order valence-corrected chi connectivity index (χ4v) is 6.27. The molecule has 4 rings (SSSR count). The molecule has 1 aliphatic rings. The van der Waals surface area contributed by atoms with Gasteiger partial charge in [-0.05, 0) is 37.5 Å². The highest BCUT2D eigenvalue weighted by Crippen LogP contribution is 2.30. The molecule has 2 unspecified atom stereocenters. The number of thiazole rings is 1. The summed E-state index contributed by atoms with van der Waals surface area (Å²) in [6.45, 7) is 4.23. The van der Waals surface area contributed by atoms with Crippen LogP contribution in [0, 0.1) is 18.8 Å². The summed E-state index contributed by atoms with van der Waals surface area (Å²) < 4.78 is 30.0. The van der Waals surface area contributed by atoms with Crippen molar-refractivity contribution in [3.05, 3.63) is 35.6 Å². The highest BCUT2D eigenvalue weighted by Gasteiger charge is 2.37. The Kier molecular flexibility index (Phi) is 5.18. The van der Waals surface area contributed by atoms with E-state index in [-0.39, 0.29) is 22.6 Å². The lowest BCUT2D eigenvalue weighted by atomic mass is 9.87. The van der Waals surface area contributed by atoms with Gasteiger partial charge in [-0.25, -0.2) is 13.4 Å². The number of hydrogen-bond acceptors (Lipinski definition) is 6. The van der Waals surface area contributed by atoms with E-state index in [2.05, 4.69) is 15.4 Å². The highest BCUT2D eigenvalue weighted by atomic mass is 32.2. The van der Waals surface area contributed by atoms with Crippen molar-refractivity contribution in [2.24, 2.45) is 18.9 Å². The Morgan fingerprint density at radius 1 is 1.34 bits per heavy atom. The van der Waals surface area contributed by atoms with Gasteiger partial charge >= 0.3 is 0 Å². The van der Waals surface area contributed by atoms with Crippen molar-refractivity contribution in [1.29, 1.82) is 0 Å². The molecule has 1 aliphatic heterocycles. The van der Waals surface area contributed by atoms with Crippen LogP contribution in [0.25, 0.3) is 10.2 Å². The van der Waals surface area contributed by atoms with Crippen LogP contribution in [0.1, 0.15) is 19.0 Å². The summed E-state index contributed by atoms with van der Waals surface area (Å²) in [5.74, 6) is -0.428. The number of carbonyl (C=O) groups excluding carboxylic acids is 1. The molecule has 2 aromatic heterocycles. The van der Waals surface area contributed by atoms with Crippen LogP contribution in [0.15, 0.2) is 34.8 Å². The number of nitrogens with zero attached hydrogens (tertiary/aromatic N) is 4. The molecule has 1 N–H and O–H groups in total. The molecule has 10 heteroatoms. The standard InChI is InChI=1S/C19H23N5O3S2/c1-12-9-24(29(26,27)18-10-23(3)22-13(18)2)7-6-15(12)19(25)21-14-4-5-17-16(8-14)20-11-28-17/h4-5,8,10-12,15H,6-7,9H2,1-3H3,(H,21,25). The Morgan fingerprint density at radius 3 is 2.83 bits per heavy atom. The molecule has 1 aromatic carbocycles. The first kappa shape index (κ1) is 20.0. The average molecular weight is 434 g/mol. The zero-order chi connectivity index (χ0) is 20.8. The first-order chi connectivity index (χ1) is 13.8. The number of anilines is 1. The van der Waals surface area contributed by atoms with Crippen molar-refractivity contribution in [1.82, 2.24) is 19.1 Å². The second-order valence-corrected chi connectivity index (χ2v) is 10.3. The van der Waals surface area contributed by atoms with Crippen LogP contribution >= 0.6 is 11.3 Å². The number of amides is 1. The number of rotatable bonds is 4. The fourth-order valence-electron chi connectivity index (χ4n) is 3.86. The summed E-state index contributed by atoms with van der Waals surface area (Å²) in [6.07, 6.45) is 2.01. The summed E-state index contributed by atoms with van der Waals surface area (Å²) in [4.78, 5) is 17.3. The number of fused-ring (bicyclic) bond motifs is 1. The van der Waals surface area contributed by atoms with Crippen LogP contribution in [0.3, 0.4) is 0 Å². The molecular weight excluding hydrogens is 410 g/mol. The maximum atomic E-state index is 13.0. The minimum absolute atomic E-state index is 0.0818. The van der Waals surface area contributed by atoms with Crippen LogP contribution in [0.4, 0.5) is 5.69 Å². The molecule has 1 fully saturated rings. The van der Waals surface area contributed by atoms with Gasteiger partial charge in [-0.2, -0.15) is 9.40 Å². The van der Waals surface area contributed by atoms with E-state index in [1.807, 2.05) is 25.1 Å². The molecule has 0 aliphatic carbocycles. The first-order valence-corrected chi connectivity index (χ1v) is 11.7. The lowest BCUT2D eigenvalue weighted by Gasteiger charge is -2.35. The lowest BCUT2D eigenvalue weighted by Crippen LogP contribution is -2.46. The number of aromatic nitrogens is 3. The van der Waals surface area contributed by atoms with Gasteiger partial charge in [0, 0.05) is 37.9 Å². The normalized spacial score (nSPS) is 20.8. The zero-order valence-corrected chi connectivity index (χ0v) is 18.1. The largest absolute Gasteiger partial charge is 0.326 e. The molecule has 29 heavy (non-hydrogen) atoms. The van der Waals surface area contributed by atoms with Crippen molar-refractivity contribution >= 4 is 43.2 Å². The monoisotopic (exact) mass is 433 g/mol. The molecule has 2 atom stereocenters. The molecule has 154 valence electrons. The number of carbonyl (C=O) groups is 1. The zero-order valence-electron chi connectivity index (χ0n) is 16.5. The van der Waals surface area contributed by atoms with E-state index in [0.29, 0.717) is 30.9 Å². The highest BCUT2D eigenvalue weighted by molar-refractivity contribution is 7.89. The molecule has 0 radical (unpaired) electrons. The fraction of sp³-hybridized carbons (Fsp3) is 0.421. The summed E-state index contributed by atoms with van der Waals surface area (Å²) in [6, 6.07) is 5.67. The number of benzene rings is 1. The average Bonchev–Trinajstić information content (AvgIpc) is 3.26. The molecule has 1 amide bonds. The Labute approximate surface area is 173 Å². The number of piperidine rings is 1. The van der Waals surface area contributed by atoms with Gasteiger partial charge in [0.25, 0.3) is 0 Å². The number of nitrogens with one attached hydrogen (secondary N) is 1. The van der Waals surface area contributed by atoms with E-state index in [0.717, 1.165) is 10.2 Å². The predicted octanol–water partition coefficient (Wildman–Crippen LogP) is 2.62. The molecule has 0 bridgehead atoms. The minimum atomic E-state index is -3.62. The first-order valence-electron chi connectivity index (χ1n) is 9.40. The number of sulfonamides is 1. The third-order valence-corrected chi connectivity index (χ3v) is 8.17. The minimum Gasteiger partial charge on any atom is -0.326 e. The van der Waals surface area contributed by atoms with Crippen molar-refractivity contribution in [3.63, 3.8) is 0 Å². The molecule has 0 saturated carbocycles. The Hall–Kier alpha value is -2.30.